The van der Waals surface area contributed by atoms with E-state index in [2.05, 4.69) is 31.5 Å². The first-order valence-corrected chi connectivity index (χ1v) is 11.1. The molecule has 0 bridgehead atoms. The first kappa shape index (κ1) is 22.3. The van der Waals surface area contributed by atoms with Crippen LogP contribution in [0.5, 0.6) is 5.75 Å². The molecule has 32 heavy (non-hydrogen) atoms. The van der Waals surface area contributed by atoms with Crippen molar-refractivity contribution in [1.29, 1.82) is 0 Å². The second-order valence-corrected chi connectivity index (χ2v) is 8.62. The van der Waals surface area contributed by atoms with Crippen molar-refractivity contribution in [3.63, 3.8) is 0 Å². The number of benzene rings is 3. The van der Waals surface area contributed by atoms with Crippen molar-refractivity contribution >= 4 is 67.6 Å². The van der Waals surface area contributed by atoms with E-state index in [1.807, 2.05) is 37.3 Å². The van der Waals surface area contributed by atoms with Crippen molar-refractivity contribution in [1.82, 2.24) is 10.3 Å². The molecule has 4 aromatic rings. The molecule has 9 heteroatoms. The lowest BCUT2D eigenvalue weighted by Gasteiger charge is -2.14. The van der Waals surface area contributed by atoms with Gasteiger partial charge < -0.3 is 14.5 Å². The Hall–Kier alpha value is -2.94. The van der Waals surface area contributed by atoms with Crippen LogP contribution in [-0.4, -0.2) is 23.1 Å². The van der Waals surface area contributed by atoms with Crippen LogP contribution in [0.4, 0.5) is 5.69 Å². The van der Waals surface area contributed by atoms with Gasteiger partial charge in [0.1, 0.15) is 11.3 Å². The third-order valence-corrected chi connectivity index (χ3v) is 5.66. The smallest absolute Gasteiger partial charge is 0.261 e. The van der Waals surface area contributed by atoms with Gasteiger partial charge in [-0.05, 0) is 67.2 Å². The first-order valence-electron chi connectivity index (χ1n) is 9.47. The Kier molecular flexibility index (Phi) is 6.45. The Morgan fingerprint density at radius 3 is 2.72 bits per heavy atom. The average Bonchev–Trinajstić information content (AvgIpc) is 3.19. The van der Waals surface area contributed by atoms with Gasteiger partial charge in [0.15, 0.2) is 10.7 Å². The van der Waals surface area contributed by atoms with Gasteiger partial charge in [-0.2, -0.15) is 0 Å². The Morgan fingerprint density at radius 1 is 1.19 bits per heavy atom. The molecule has 1 aromatic heterocycles. The van der Waals surface area contributed by atoms with Crippen molar-refractivity contribution in [3.05, 3.63) is 75.2 Å². The number of carbonyl (C=O) groups is 1. The number of halogens is 2. The van der Waals surface area contributed by atoms with Gasteiger partial charge in [0, 0.05) is 10.0 Å². The lowest BCUT2D eigenvalue weighted by Crippen LogP contribution is -2.34. The van der Waals surface area contributed by atoms with E-state index < -0.39 is 5.91 Å². The van der Waals surface area contributed by atoms with Gasteiger partial charge in [0.05, 0.1) is 23.4 Å². The average molecular weight is 531 g/mol. The Bertz CT molecular complexity index is 1320. The highest BCUT2D eigenvalue weighted by Crippen LogP contribution is 2.31. The maximum Gasteiger partial charge on any atom is 0.261 e. The molecule has 0 atom stereocenters. The molecule has 3 aromatic carbocycles. The first-order chi connectivity index (χ1) is 15.4. The number of thiocarbonyl (C=S) groups is 1. The monoisotopic (exact) mass is 529 g/mol. The summed E-state index contributed by atoms with van der Waals surface area (Å²) in [7, 11) is 1.51. The predicted molar refractivity (Wildman–Crippen MR) is 134 cm³/mol. The summed E-state index contributed by atoms with van der Waals surface area (Å²) in [4.78, 5) is 17.3. The zero-order valence-corrected chi connectivity index (χ0v) is 20.2. The van der Waals surface area contributed by atoms with Crippen LogP contribution < -0.4 is 15.4 Å². The molecule has 0 aliphatic heterocycles. The molecule has 0 spiro atoms. The molecule has 4 rings (SSSR count). The molecule has 0 unspecified atom stereocenters. The molecular formula is C23H17BrClN3O3S. The van der Waals surface area contributed by atoms with E-state index in [0.717, 1.165) is 15.6 Å². The molecule has 1 heterocycles. The molecule has 0 saturated carbocycles. The van der Waals surface area contributed by atoms with E-state index in [1.165, 1.54) is 7.11 Å². The standard InChI is InChI=1S/C23H17BrClN3O3S/c1-12-9-14(24)11-15(20(12)30-2)21(29)28-23(32)27-18-10-13(7-8-16(18)25)22-26-17-5-3-4-6-19(17)31-22/h3-11H,1-2H3,(H2,27,28,29,32). The van der Waals surface area contributed by atoms with Gasteiger partial charge >= 0.3 is 0 Å². The fraction of sp³-hybridized carbons (Fsp3) is 0.0870. The molecule has 0 fully saturated rings. The maximum absolute atomic E-state index is 12.8. The van der Waals surface area contributed by atoms with Crippen molar-refractivity contribution < 1.29 is 13.9 Å². The van der Waals surface area contributed by atoms with Crippen LogP contribution in [0, 0.1) is 6.92 Å². The van der Waals surface area contributed by atoms with Gasteiger partial charge in [0.25, 0.3) is 5.91 Å². The van der Waals surface area contributed by atoms with Crippen LogP contribution in [0.25, 0.3) is 22.6 Å². The van der Waals surface area contributed by atoms with Crippen LogP contribution in [0.3, 0.4) is 0 Å². The molecule has 2 N–H and O–H groups in total. The third-order valence-electron chi connectivity index (χ3n) is 4.67. The highest BCUT2D eigenvalue weighted by atomic mass is 79.9. The van der Waals surface area contributed by atoms with E-state index in [0.29, 0.717) is 39.1 Å². The van der Waals surface area contributed by atoms with Crippen molar-refractivity contribution in [3.8, 4) is 17.2 Å². The van der Waals surface area contributed by atoms with Crippen LogP contribution in [-0.2, 0) is 0 Å². The zero-order chi connectivity index (χ0) is 22.8. The molecule has 0 aliphatic rings. The number of nitrogens with zero attached hydrogens (tertiary/aromatic N) is 1. The molecular weight excluding hydrogens is 514 g/mol. The summed E-state index contributed by atoms with van der Waals surface area (Å²) in [6.07, 6.45) is 0. The number of aryl methyl sites for hydroxylation is 1. The number of fused-ring (bicyclic) bond motifs is 1. The minimum Gasteiger partial charge on any atom is -0.496 e. The number of hydrogen-bond donors (Lipinski definition) is 2. The number of anilines is 1. The molecule has 0 saturated heterocycles. The number of methoxy groups -OCH3 is 1. The van der Waals surface area contributed by atoms with Crippen LogP contribution in [0.15, 0.2) is 63.5 Å². The quantitative estimate of drug-likeness (QED) is 0.299. The second-order valence-electron chi connectivity index (χ2n) is 6.89. The zero-order valence-electron chi connectivity index (χ0n) is 17.0. The lowest BCUT2D eigenvalue weighted by atomic mass is 10.1. The summed E-state index contributed by atoms with van der Waals surface area (Å²) >= 11 is 15.1. The molecule has 162 valence electrons. The topological polar surface area (TPSA) is 76.4 Å². The minimum atomic E-state index is -0.407. The molecule has 6 nitrogen and oxygen atoms in total. The summed E-state index contributed by atoms with van der Waals surface area (Å²) in [5.74, 6) is 0.523. The number of hydrogen-bond acceptors (Lipinski definition) is 5. The van der Waals surface area contributed by atoms with Crippen molar-refractivity contribution in [2.45, 2.75) is 6.92 Å². The minimum absolute atomic E-state index is 0.0892. The number of oxazole rings is 1. The molecule has 0 radical (unpaired) electrons. The van der Waals surface area contributed by atoms with E-state index in [1.54, 1.807) is 24.3 Å². The van der Waals surface area contributed by atoms with E-state index in [4.69, 9.17) is 33.0 Å². The number of rotatable bonds is 4. The van der Waals surface area contributed by atoms with Crippen LogP contribution in [0.1, 0.15) is 15.9 Å². The summed E-state index contributed by atoms with van der Waals surface area (Å²) in [5.41, 5.74) is 3.84. The van der Waals surface area contributed by atoms with Crippen LogP contribution in [0.2, 0.25) is 5.02 Å². The summed E-state index contributed by atoms with van der Waals surface area (Å²) in [5, 5.41) is 6.15. The molecule has 0 aliphatic carbocycles. The second kappa shape index (κ2) is 9.28. The Morgan fingerprint density at radius 2 is 1.97 bits per heavy atom. The fourth-order valence-corrected chi connectivity index (χ4v) is 4.18. The number of ether oxygens (including phenoxy) is 1. The van der Waals surface area contributed by atoms with Gasteiger partial charge in [-0.15, -0.1) is 0 Å². The molecule has 1 amide bonds. The van der Waals surface area contributed by atoms with Gasteiger partial charge in [0.2, 0.25) is 5.89 Å². The maximum atomic E-state index is 12.8. The number of para-hydroxylation sites is 2. The van der Waals surface area contributed by atoms with Gasteiger partial charge in [-0.3, -0.25) is 10.1 Å². The highest BCUT2D eigenvalue weighted by molar-refractivity contribution is 9.10. The largest absolute Gasteiger partial charge is 0.496 e. The van der Waals surface area contributed by atoms with E-state index in [9.17, 15) is 4.79 Å². The summed E-state index contributed by atoms with van der Waals surface area (Å²) in [6, 6.07) is 16.3. The lowest BCUT2D eigenvalue weighted by molar-refractivity contribution is 0.0974. The third kappa shape index (κ3) is 4.62. The van der Waals surface area contributed by atoms with Crippen molar-refractivity contribution in [2.75, 3.05) is 12.4 Å². The predicted octanol–water partition coefficient (Wildman–Crippen LogP) is 6.35. The number of aromatic nitrogens is 1. The fourth-order valence-electron chi connectivity index (χ4n) is 3.24. The van der Waals surface area contributed by atoms with Gasteiger partial charge in [-0.25, -0.2) is 4.98 Å². The van der Waals surface area contributed by atoms with E-state index in [-0.39, 0.29) is 5.11 Å². The van der Waals surface area contributed by atoms with Crippen LogP contribution >= 0.6 is 39.7 Å². The number of carbonyl (C=O) groups excluding carboxylic acids is 1. The SMILES string of the molecule is COc1c(C)cc(Br)cc1C(=O)NC(=S)Nc1cc(-c2nc3ccccc3o2)ccc1Cl. The summed E-state index contributed by atoms with van der Waals surface area (Å²) in [6.45, 7) is 1.86. The number of nitrogens with one attached hydrogen (secondary N) is 2. The highest BCUT2D eigenvalue weighted by Gasteiger charge is 2.17. The normalized spacial score (nSPS) is 10.8. The van der Waals surface area contributed by atoms with Crippen molar-refractivity contribution in [2.24, 2.45) is 0 Å². The van der Waals surface area contributed by atoms with Gasteiger partial charge in [-0.1, -0.05) is 39.7 Å². The number of amides is 1. The Labute approximate surface area is 203 Å². The van der Waals surface area contributed by atoms with E-state index >= 15 is 0 Å². The Balaban J connectivity index is 1.55. The summed E-state index contributed by atoms with van der Waals surface area (Å²) < 4.78 is 12.0.